The van der Waals surface area contributed by atoms with Gasteiger partial charge in [-0.15, -0.1) is 0 Å². The average Bonchev–Trinajstić information content (AvgIpc) is 4.09. The van der Waals surface area contributed by atoms with Crippen LogP contribution in [0.2, 0.25) is 0 Å². The van der Waals surface area contributed by atoms with Crippen molar-refractivity contribution >= 4 is 51.8 Å². The van der Waals surface area contributed by atoms with Crippen molar-refractivity contribution in [2.75, 3.05) is 54.7 Å². The van der Waals surface area contributed by atoms with Gasteiger partial charge in [-0.05, 0) is 98.2 Å². The van der Waals surface area contributed by atoms with Gasteiger partial charge < -0.3 is 42.4 Å². The second kappa shape index (κ2) is 19.9. The van der Waals surface area contributed by atoms with Crippen molar-refractivity contribution in [3.8, 4) is 11.5 Å². The van der Waals surface area contributed by atoms with E-state index >= 15 is 0 Å². The van der Waals surface area contributed by atoms with E-state index < -0.39 is 41.4 Å². The molecule has 67 heavy (non-hydrogen) atoms. The Labute approximate surface area is 400 Å². The van der Waals surface area contributed by atoms with E-state index in [1.807, 2.05) is 73.8 Å². The Balaban J connectivity index is 1.16. The summed E-state index contributed by atoms with van der Waals surface area (Å²) in [6.07, 6.45) is 2.51. The zero-order chi connectivity index (χ0) is 46.9. The lowest BCUT2D eigenvalue weighted by Crippen LogP contribution is -2.41. The van der Waals surface area contributed by atoms with Gasteiger partial charge in [0.05, 0.1) is 46.5 Å². The van der Waals surface area contributed by atoms with E-state index in [9.17, 15) is 4.79 Å². The van der Waals surface area contributed by atoms with Gasteiger partial charge in [-0.2, -0.15) is 9.98 Å². The molecule has 15 nitrogen and oxygen atoms in total. The molecule has 4 fully saturated rings. The molecule has 9 rings (SSSR count). The van der Waals surface area contributed by atoms with Crippen LogP contribution in [-0.2, 0) is 45.4 Å². The molecule has 1 N–H and O–H groups in total. The van der Waals surface area contributed by atoms with E-state index in [0.717, 1.165) is 66.7 Å². The highest BCUT2D eigenvalue weighted by atomic mass is 32.9. The van der Waals surface area contributed by atoms with Crippen LogP contribution in [-0.4, -0.2) is 114 Å². The predicted octanol–water partition coefficient (Wildman–Crippen LogP) is 8.71. The minimum Gasteiger partial charge on any atom is -0.497 e. The van der Waals surface area contributed by atoms with E-state index in [1.165, 1.54) is 0 Å². The first-order chi connectivity index (χ1) is 32.4. The molecule has 5 heterocycles. The zero-order valence-corrected chi connectivity index (χ0v) is 41.3. The minimum atomic E-state index is -3.08. The Morgan fingerprint density at radius 2 is 1.70 bits per heavy atom. The van der Waals surface area contributed by atoms with Crippen LogP contribution in [0.1, 0.15) is 68.9 Å². The average molecular weight is 971 g/mol. The number of allylic oxidation sites excluding steroid dienone is 1. The Bertz CT molecular complexity index is 2640. The maximum Gasteiger partial charge on any atom is 0.280 e. The fourth-order valence-corrected chi connectivity index (χ4v) is 17.3. The number of likely N-dealkylation sites (tertiary alicyclic amines) is 1. The van der Waals surface area contributed by atoms with Crippen LogP contribution in [0.25, 0.3) is 11.2 Å². The molecule has 5 aromatic rings. The number of ether oxygens (including phenoxy) is 6. The molecule has 18 heteroatoms. The van der Waals surface area contributed by atoms with E-state index in [0.29, 0.717) is 24.0 Å². The first-order valence-corrected chi connectivity index (χ1v) is 26.8. The SMILES string of the molecule is C=C(C)[C@H]1CC[C@@]2(C)S[P@@](=S)(O[C@H]3[C@@H](OCCOC)[C@H](n4cnc5c(=O)[nH]c(N=C6CCCN6C)nc54)O[C@@H]3COC(c3ccccc3)(c3ccc(OC)cc3)c3ccc(OC)cc3)O[C@@H]2C1. The van der Waals surface area contributed by atoms with Gasteiger partial charge in [-0.25, -0.2) is 4.98 Å². The molecule has 0 amide bonds. The molecule has 3 aliphatic heterocycles. The fourth-order valence-electron chi connectivity index (χ4n) is 9.71. The summed E-state index contributed by atoms with van der Waals surface area (Å²) in [6.45, 7) is 9.96. The Morgan fingerprint density at radius 3 is 2.33 bits per heavy atom. The van der Waals surface area contributed by atoms with E-state index in [2.05, 4.69) is 47.4 Å². The van der Waals surface area contributed by atoms with Crippen LogP contribution < -0.4 is 15.0 Å². The molecule has 0 unspecified atom stereocenters. The van der Waals surface area contributed by atoms with Crippen LogP contribution in [0.5, 0.6) is 11.5 Å². The number of nitrogens with one attached hydrogen (secondary N) is 1. The number of hydrogen-bond donors (Lipinski definition) is 1. The number of aromatic nitrogens is 4. The zero-order valence-electron chi connectivity index (χ0n) is 38.8. The number of aliphatic imine (C=N–C) groups is 1. The molecule has 0 bridgehead atoms. The molecule has 1 aliphatic carbocycles. The maximum atomic E-state index is 13.7. The van der Waals surface area contributed by atoms with Gasteiger partial charge in [-0.1, -0.05) is 78.1 Å². The molecule has 0 spiro atoms. The predicted molar refractivity (Wildman–Crippen MR) is 263 cm³/mol. The number of hydrogen-bond acceptors (Lipinski definition) is 14. The molecule has 356 valence electrons. The highest BCUT2D eigenvalue weighted by molar-refractivity contribution is 8.68. The number of amidine groups is 1. The monoisotopic (exact) mass is 970 g/mol. The Hall–Kier alpha value is -4.42. The number of nitrogens with zero attached hydrogens (tertiary/aromatic N) is 5. The summed E-state index contributed by atoms with van der Waals surface area (Å²) in [4.78, 5) is 32.7. The second-order valence-corrected chi connectivity index (χ2v) is 24.4. The van der Waals surface area contributed by atoms with E-state index in [1.54, 1.807) is 43.6 Å². The lowest BCUT2D eigenvalue weighted by Gasteiger charge is -2.37. The summed E-state index contributed by atoms with van der Waals surface area (Å²) in [5.74, 6) is 2.75. The first-order valence-electron chi connectivity index (χ1n) is 22.7. The summed E-state index contributed by atoms with van der Waals surface area (Å²) < 4.78 is 53.9. The molecular weight excluding hydrogens is 912 g/mol. The molecule has 3 saturated heterocycles. The molecule has 1 saturated carbocycles. The minimum absolute atomic E-state index is 0.0113. The van der Waals surface area contributed by atoms with Gasteiger partial charge in [0.1, 0.15) is 41.2 Å². The topological polar surface area (TPSA) is 153 Å². The van der Waals surface area contributed by atoms with Crippen LogP contribution >= 0.6 is 17.1 Å². The number of fused-ring (bicyclic) bond motifs is 2. The van der Waals surface area contributed by atoms with Gasteiger partial charge in [0.15, 0.2) is 17.4 Å². The largest absolute Gasteiger partial charge is 0.497 e. The summed E-state index contributed by atoms with van der Waals surface area (Å²) in [7, 11) is 6.89. The van der Waals surface area contributed by atoms with Crippen molar-refractivity contribution in [3.05, 3.63) is 124 Å². The van der Waals surface area contributed by atoms with Gasteiger partial charge in [0.25, 0.3) is 5.56 Å². The van der Waals surface area contributed by atoms with Gasteiger partial charge in [0, 0.05) is 31.9 Å². The fraction of sp³-hybridized carbons (Fsp3) is 0.469. The molecule has 0 radical (unpaired) electrons. The summed E-state index contributed by atoms with van der Waals surface area (Å²) in [5, 5.41) is 0. The lowest BCUT2D eigenvalue weighted by molar-refractivity contribution is -0.0965. The number of imidazole rings is 1. The standard InChI is InChI=1S/C49H59N6O9PS2/c1-31(2)32-23-24-48(3)39(28-32)63-65(66,67-48)64-42-38(29-61-49(33-12-9-8-10-13-33,34-15-19-36(58-6)20-16-34)35-17-21-37(59-7)22-18-35)62-46(43(42)60-27-26-57-5)55-30-50-41-44(55)52-47(53-45(41)56)51-40-14-11-25-54(40)4/h8-10,12-13,15-22,30,32,38-39,42-43,46H,1,11,14,23-29H2,2-7H3,(H,52,53,56)/t32-,38+,39+,42+,43+,46+,48+,65+/m0/s1. The van der Waals surface area contributed by atoms with Gasteiger partial charge >= 0.3 is 0 Å². The molecule has 2 aromatic heterocycles. The van der Waals surface area contributed by atoms with Crippen molar-refractivity contribution < 1.29 is 37.5 Å². The molecular formula is C49H59N6O9PS2. The number of rotatable bonds is 17. The number of H-pyrrole nitrogens is 1. The number of benzene rings is 3. The first kappa shape index (κ1) is 47.6. The Morgan fingerprint density at radius 1 is 1.01 bits per heavy atom. The summed E-state index contributed by atoms with van der Waals surface area (Å²) in [6, 6.07) is 25.8. The quantitative estimate of drug-likeness (QED) is 0.0409. The van der Waals surface area contributed by atoms with Crippen LogP contribution in [0.15, 0.2) is 107 Å². The number of aromatic amines is 1. The maximum absolute atomic E-state index is 13.7. The highest BCUT2D eigenvalue weighted by Gasteiger charge is 2.57. The summed E-state index contributed by atoms with van der Waals surface area (Å²) in [5.41, 5.74) is -0.553. The highest BCUT2D eigenvalue weighted by Crippen LogP contribution is 2.76. The van der Waals surface area contributed by atoms with Crippen molar-refractivity contribution in [1.82, 2.24) is 24.4 Å². The Kier molecular flexibility index (Phi) is 14.1. The van der Waals surface area contributed by atoms with Gasteiger partial charge in [0.2, 0.25) is 11.6 Å². The third-order valence-corrected chi connectivity index (χ3v) is 19.2. The lowest BCUT2D eigenvalue weighted by atomic mass is 9.77. The molecule has 8 atom stereocenters. The van der Waals surface area contributed by atoms with Crippen LogP contribution in [0.3, 0.4) is 0 Å². The molecule has 4 aliphatic rings. The number of methoxy groups -OCH3 is 3. The van der Waals surface area contributed by atoms with E-state index in [-0.39, 0.29) is 41.2 Å². The third kappa shape index (κ3) is 9.51. The van der Waals surface area contributed by atoms with Gasteiger partial charge in [-0.3, -0.25) is 14.3 Å². The third-order valence-electron chi connectivity index (χ3n) is 13.5. The van der Waals surface area contributed by atoms with Crippen LogP contribution in [0, 0.1) is 5.92 Å². The van der Waals surface area contributed by atoms with Crippen molar-refractivity contribution in [2.24, 2.45) is 10.9 Å². The van der Waals surface area contributed by atoms with Crippen LogP contribution in [0.4, 0.5) is 5.95 Å². The van der Waals surface area contributed by atoms with E-state index in [4.69, 9.17) is 59.3 Å². The molecule has 3 aromatic carbocycles. The van der Waals surface area contributed by atoms with Crippen molar-refractivity contribution in [1.29, 1.82) is 0 Å². The normalized spacial score (nSPS) is 28.0. The smallest absolute Gasteiger partial charge is 0.280 e. The summed E-state index contributed by atoms with van der Waals surface area (Å²) >= 11 is 8.14. The van der Waals surface area contributed by atoms with Crippen molar-refractivity contribution in [2.45, 2.75) is 86.9 Å². The second-order valence-electron chi connectivity index (χ2n) is 17.8. The van der Waals surface area contributed by atoms with Crippen molar-refractivity contribution in [3.63, 3.8) is 0 Å².